The van der Waals surface area contributed by atoms with Crippen molar-refractivity contribution in [1.82, 2.24) is 4.90 Å². The van der Waals surface area contributed by atoms with Gasteiger partial charge < -0.3 is 14.6 Å². The Morgan fingerprint density at radius 1 is 1.32 bits per heavy atom. The van der Waals surface area contributed by atoms with Crippen molar-refractivity contribution in [2.75, 3.05) is 19.8 Å². The molecule has 0 spiro atoms. The molecule has 4 nitrogen and oxygen atoms in total. The molecule has 2 saturated heterocycles. The lowest BCUT2D eigenvalue weighted by molar-refractivity contribution is -0.274. The number of hydrogen-bond donors (Lipinski definition) is 1. The highest BCUT2D eigenvalue weighted by atomic mass is 19.4. The van der Waals surface area contributed by atoms with E-state index < -0.39 is 12.0 Å². The summed E-state index contributed by atoms with van der Waals surface area (Å²) in [5, 5.41) is 10.7. The number of nitrogens with zero attached hydrogens (tertiary/aromatic N) is 1. The van der Waals surface area contributed by atoms with Gasteiger partial charge in [0.05, 0.1) is 12.2 Å². The number of halogens is 3. The number of benzene rings is 1. The lowest BCUT2D eigenvalue weighted by Gasteiger charge is -2.43. The van der Waals surface area contributed by atoms with E-state index in [1.54, 1.807) is 12.1 Å². The first-order valence-corrected chi connectivity index (χ1v) is 8.63. The maximum Gasteiger partial charge on any atom is 0.573 e. The minimum absolute atomic E-state index is 0.0524. The van der Waals surface area contributed by atoms with Crippen molar-refractivity contribution < 1.29 is 27.8 Å². The van der Waals surface area contributed by atoms with Crippen molar-refractivity contribution in [2.24, 2.45) is 5.92 Å². The van der Waals surface area contributed by atoms with Crippen molar-refractivity contribution in [3.8, 4) is 5.75 Å². The number of rotatable bonds is 4. The minimum Gasteiger partial charge on any atom is -0.406 e. The summed E-state index contributed by atoms with van der Waals surface area (Å²) in [6, 6.07) is 6.22. The van der Waals surface area contributed by atoms with E-state index in [1.807, 2.05) is 6.92 Å². The topological polar surface area (TPSA) is 41.9 Å². The molecule has 7 heteroatoms. The molecule has 0 aromatic heterocycles. The van der Waals surface area contributed by atoms with E-state index in [-0.39, 0.29) is 17.7 Å². The van der Waals surface area contributed by atoms with Crippen LogP contribution in [0.4, 0.5) is 13.2 Å². The monoisotopic (exact) mass is 359 g/mol. The molecule has 0 aliphatic carbocycles. The summed E-state index contributed by atoms with van der Waals surface area (Å²) in [7, 11) is 0. The lowest BCUT2D eigenvalue weighted by Crippen LogP contribution is -2.52. The van der Waals surface area contributed by atoms with E-state index in [1.165, 1.54) is 12.1 Å². The number of alkyl halides is 3. The summed E-state index contributed by atoms with van der Waals surface area (Å²) >= 11 is 0. The van der Waals surface area contributed by atoms with Gasteiger partial charge in [0.25, 0.3) is 0 Å². The zero-order valence-corrected chi connectivity index (χ0v) is 14.3. The van der Waals surface area contributed by atoms with Crippen LogP contribution in [0.3, 0.4) is 0 Å². The van der Waals surface area contributed by atoms with Crippen molar-refractivity contribution in [3.05, 3.63) is 29.8 Å². The van der Waals surface area contributed by atoms with Crippen LogP contribution in [0, 0.1) is 5.92 Å². The van der Waals surface area contributed by atoms with Crippen molar-refractivity contribution in [3.63, 3.8) is 0 Å². The van der Waals surface area contributed by atoms with E-state index >= 15 is 0 Å². The summed E-state index contributed by atoms with van der Waals surface area (Å²) in [5.74, 6) is -0.158. The zero-order valence-electron chi connectivity index (χ0n) is 14.3. The second-order valence-electron chi connectivity index (χ2n) is 7.16. The molecule has 3 atom stereocenters. The van der Waals surface area contributed by atoms with E-state index in [2.05, 4.69) is 9.64 Å². The van der Waals surface area contributed by atoms with Crippen LogP contribution in [0.15, 0.2) is 24.3 Å². The van der Waals surface area contributed by atoms with Crippen molar-refractivity contribution in [1.29, 1.82) is 0 Å². The van der Waals surface area contributed by atoms with Crippen LogP contribution in [0.5, 0.6) is 5.75 Å². The summed E-state index contributed by atoms with van der Waals surface area (Å²) in [5.41, 5.74) is 0.188. The molecule has 2 aliphatic heterocycles. The second-order valence-corrected chi connectivity index (χ2v) is 7.16. The van der Waals surface area contributed by atoms with Crippen LogP contribution < -0.4 is 4.74 Å². The SMILES string of the molecule is C[C@]1(O)CCOC[C@H]1[C@@H]1CCCN1Cc1ccc(OC(F)(F)F)cc1. The van der Waals surface area contributed by atoms with Crippen LogP contribution in [-0.4, -0.2) is 47.8 Å². The van der Waals surface area contributed by atoms with Gasteiger partial charge in [0.2, 0.25) is 0 Å². The van der Waals surface area contributed by atoms with Gasteiger partial charge >= 0.3 is 6.36 Å². The summed E-state index contributed by atoms with van der Waals surface area (Å²) in [6.07, 6.45) is -1.99. The molecule has 25 heavy (non-hydrogen) atoms. The maximum atomic E-state index is 12.2. The molecule has 2 fully saturated rings. The highest BCUT2D eigenvalue weighted by Crippen LogP contribution is 2.36. The second kappa shape index (κ2) is 7.13. The number of likely N-dealkylation sites (tertiary alicyclic amines) is 1. The van der Waals surface area contributed by atoms with Crippen molar-refractivity contribution >= 4 is 0 Å². The third kappa shape index (κ3) is 4.65. The first-order valence-electron chi connectivity index (χ1n) is 8.63. The molecule has 3 rings (SSSR count). The van der Waals surface area contributed by atoms with Crippen LogP contribution in [0.2, 0.25) is 0 Å². The largest absolute Gasteiger partial charge is 0.573 e. The van der Waals surface area contributed by atoms with E-state index in [0.717, 1.165) is 24.9 Å². The predicted molar refractivity (Wildman–Crippen MR) is 86.1 cm³/mol. The Morgan fingerprint density at radius 2 is 2.04 bits per heavy atom. The Morgan fingerprint density at radius 3 is 2.68 bits per heavy atom. The predicted octanol–water partition coefficient (Wildman–Crippen LogP) is 3.34. The Kier molecular flexibility index (Phi) is 5.27. The highest BCUT2D eigenvalue weighted by molar-refractivity contribution is 5.27. The molecule has 0 bridgehead atoms. The number of aliphatic hydroxyl groups is 1. The third-order valence-corrected chi connectivity index (χ3v) is 5.27. The Balaban J connectivity index is 1.65. The van der Waals surface area contributed by atoms with Gasteiger partial charge in [0.15, 0.2) is 0 Å². The molecule has 0 amide bonds. The van der Waals surface area contributed by atoms with E-state index in [0.29, 0.717) is 26.2 Å². The van der Waals surface area contributed by atoms with Gasteiger partial charge in [-0.25, -0.2) is 0 Å². The van der Waals surface area contributed by atoms with E-state index in [9.17, 15) is 18.3 Å². The van der Waals surface area contributed by atoms with Gasteiger partial charge in [0.1, 0.15) is 5.75 Å². The average molecular weight is 359 g/mol. The van der Waals surface area contributed by atoms with Gasteiger partial charge in [-0.05, 0) is 50.4 Å². The van der Waals surface area contributed by atoms with Gasteiger partial charge in [0, 0.05) is 25.1 Å². The number of ether oxygens (including phenoxy) is 2. The zero-order chi connectivity index (χ0) is 18.1. The fourth-order valence-electron chi connectivity index (χ4n) is 3.91. The molecule has 1 aromatic carbocycles. The van der Waals surface area contributed by atoms with Gasteiger partial charge in [-0.1, -0.05) is 12.1 Å². The molecule has 140 valence electrons. The average Bonchev–Trinajstić information content (AvgIpc) is 2.95. The molecule has 0 unspecified atom stereocenters. The summed E-state index contributed by atoms with van der Waals surface area (Å²) in [4.78, 5) is 2.30. The lowest BCUT2D eigenvalue weighted by atomic mass is 9.79. The number of hydrogen-bond acceptors (Lipinski definition) is 4. The maximum absolute atomic E-state index is 12.2. The fraction of sp³-hybridized carbons (Fsp3) is 0.667. The first-order chi connectivity index (χ1) is 11.7. The van der Waals surface area contributed by atoms with Crippen LogP contribution >= 0.6 is 0 Å². The van der Waals surface area contributed by atoms with Gasteiger partial charge in [-0.3, -0.25) is 4.90 Å². The normalized spacial score (nSPS) is 31.2. The molecule has 2 heterocycles. The van der Waals surface area contributed by atoms with Crippen LogP contribution in [-0.2, 0) is 11.3 Å². The smallest absolute Gasteiger partial charge is 0.406 e. The van der Waals surface area contributed by atoms with E-state index in [4.69, 9.17) is 4.74 Å². The molecule has 1 N–H and O–H groups in total. The minimum atomic E-state index is -4.67. The van der Waals surface area contributed by atoms with Crippen molar-refractivity contribution in [2.45, 2.75) is 50.7 Å². The highest BCUT2D eigenvalue weighted by Gasteiger charge is 2.43. The van der Waals surface area contributed by atoms with Crippen LogP contribution in [0.25, 0.3) is 0 Å². The Labute approximate surface area is 145 Å². The standard InChI is InChI=1S/C18H24F3NO3/c1-17(23)8-10-24-12-15(17)16-3-2-9-22(16)11-13-4-6-14(7-5-13)25-18(19,20)21/h4-7,15-16,23H,2-3,8-12H2,1H3/t15-,16-,17-/m0/s1. The molecule has 0 saturated carbocycles. The molecule has 2 aliphatic rings. The first kappa shape index (κ1) is 18.5. The molecular weight excluding hydrogens is 335 g/mol. The summed E-state index contributed by atoms with van der Waals surface area (Å²) < 4.78 is 46.2. The third-order valence-electron chi connectivity index (χ3n) is 5.27. The molecule has 1 aromatic rings. The molecule has 0 radical (unpaired) electrons. The quantitative estimate of drug-likeness (QED) is 0.895. The Hall–Kier alpha value is -1.31. The van der Waals surface area contributed by atoms with Gasteiger partial charge in [-0.15, -0.1) is 13.2 Å². The fourth-order valence-corrected chi connectivity index (χ4v) is 3.91. The van der Waals surface area contributed by atoms with Gasteiger partial charge in [-0.2, -0.15) is 0 Å². The molecular formula is C18H24F3NO3. The van der Waals surface area contributed by atoms with Crippen LogP contribution in [0.1, 0.15) is 31.7 Å². The summed E-state index contributed by atoms with van der Waals surface area (Å²) in [6.45, 7) is 4.56. The Bertz CT molecular complexity index is 574.